The SMILES string of the molecule is Cc1nc(CC(=O)NC2(C(F)F)CC2)c(C2CCCO2)c(NCc2cccc(C(F)F)c2F)n1. The first-order valence-corrected chi connectivity index (χ1v) is 11.1. The van der Waals surface area contributed by atoms with Gasteiger partial charge in [0.15, 0.2) is 0 Å². The van der Waals surface area contributed by atoms with E-state index in [0.29, 0.717) is 35.9 Å². The van der Waals surface area contributed by atoms with Gasteiger partial charge in [0.05, 0.1) is 23.8 Å². The zero-order chi connectivity index (χ0) is 24.5. The summed E-state index contributed by atoms with van der Waals surface area (Å²) in [4.78, 5) is 21.4. The summed E-state index contributed by atoms with van der Waals surface area (Å²) >= 11 is 0. The number of anilines is 1. The number of alkyl halides is 4. The van der Waals surface area contributed by atoms with E-state index in [2.05, 4.69) is 20.6 Å². The molecule has 184 valence electrons. The van der Waals surface area contributed by atoms with Gasteiger partial charge in [-0.2, -0.15) is 0 Å². The van der Waals surface area contributed by atoms with E-state index in [0.717, 1.165) is 12.5 Å². The van der Waals surface area contributed by atoms with E-state index in [1.54, 1.807) is 6.92 Å². The second kappa shape index (κ2) is 9.81. The lowest BCUT2D eigenvalue weighted by atomic mass is 10.0. The van der Waals surface area contributed by atoms with Crippen molar-refractivity contribution in [3.05, 3.63) is 52.2 Å². The second-order valence-corrected chi connectivity index (χ2v) is 8.64. The monoisotopic (exact) mass is 484 g/mol. The number of carbonyl (C=O) groups is 1. The van der Waals surface area contributed by atoms with Crippen LogP contribution in [-0.4, -0.2) is 34.4 Å². The van der Waals surface area contributed by atoms with Gasteiger partial charge in [0, 0.05) is 24.3 Å². The average molecular weight is 484 g/mol. The summed E-state index contributed by atoms with van der Waals surface area (Å²) in [7, 11) is 0. The highest BCUT2D eigenvalue weighted by atomic mass is 19.3. The Bertz CT molecular complexity index is 1060. The number of aryl methyl sites for hydroxylation is 1. The Morgan fingerprint density at radius 1 is 1.24 bits per heavy atom. The molecule has 1 atom stereocenters. The number of nitrogens with zero attached hydrogens (tertiary/aromatic N) is 2. The molecule has 1 saturated heterocycles. The molecule has 0 bridgehead atoms. The molecule has 4 rings (SSSR count). The van der Waals surface area contributed by atoms with Gasteiger partial charge in [-0.1, -0.05) is 18.2 Å². The number of benzene rings is 1. The molecule has 1 amide bonds. The minimum atomic E-state index is -2.95. The molecule has 1 aliphatic carbocycles. The summed E-state index contributed by atoms with van der Waals surface area (Å²) < 4.78 is 72.9. The van der Waals surface area contributed by atoms with Gasteiger partial charge in [-0.05, 0) is 32.6 Å². The molecule has 11 heteroatoms. The smallest absolute Gasteiger partial charge is 0.266 e. The molecule has 2 heterocycles. The molecule has 1 aromatic heterocycles. The highest BCUT2D eigenvalue weighted by Gasteiger charge is 2.52. The molecule has 2 aromatic rings. The fourth-order valence-electron chi connectivity index (χ4n) is 4.14. The summed E-state index contributed by atoms with van der Waals surface area (Å²) in [6.45, 7) is 1.96. The number of rotatable bonds is 9. The highest BCUT2D eigenvalue weighted by Crippen LogP contribution is 2.41. The molecule has 6 nitrogen and oxygen atoms in total. The van der Waals surface area contributed by atoms with Gasteiger partial charge in [-0.3, -0.25) is 4.79 Å². The molecule has 1 saturated carbocycles. The molecule has 2 aliphatic rings. The number of halogens is 5. The maximum Gasteiger partial charge on any atom is 0.266 e. The Labute approximate surface area is 193 Å². The third-order valence-electron chi connectivity index (χ3n) is 6.10. The van der Waals surface area contributed by atoms with E-state index in [-0.39, 0.29) is 31.4 Å². The molecule has 1 aromatic carbocycles. The maximum atomic E-state index is 14.5. The van der Waals surface area contributed by atoms with E-state index in [4.69, 9.17) is 4.74 Å². The van der Waals surface area contributed by atoms with Crippen molar-refractivity contribution in [3.8, 4) is 0 Å². The molecule has 2 fully saturated rings. The van der Waals surface area contributed by atoms with Gasteiger partial charge in [0.2, 0.25) is 5.91 Å². The largest absolute Gasteiger partial charge is 0.373 e. The van der Waals surface area contributed by atoms with Crippen LogP contribution in [0.15, 0.2) is 18.2 Å². The fourth-order valence-corrected chi connectivity index (χ4v) is 4.14. The molecule has 0 radical (unpaired) electrons. The molecule has 0 spiro atoms. The van der Waals surface area contributed by atoms with E-state index >= 15 is 0 Å². The van der Waals surface area contributed by atoms with Gasteiger partial charge in [-0.15, -0.1) is 0 Å². The summed E-state index contributed by atoms with van der Waals surface area (Å²) in [6.07, 6.45) is -4.46. The Morgan fingerprint density at radius 3 is 2.62 bits per heavy atom. The first kappa shape index (κ1) is 24.3. The molecule has 1 unspecified atom stereocenters. The zero-order valence-electron chi connectivity index (χ0n) is 18.5. The van der Waals surface area contributed by atoms with E-state index in [9.17, 15) is 26.7 Å². The van der Waals surface area contributed by atoms with E-state index in [1.165, 1.54) is 12.1 Å². The van der Waals surface area contributed by atoms with Crippen molar-refractivity contribution in [1.82, 2.24) is 15.3 Å². The van der Waals surface area contributed by atoms with Crippen LogP contribution in [-0.2, 0) is 22.5 Å². The van der Waals surface area contributed by atoms with Crippen LogP contribution in [0.1, 0.15) is 66.4 Å². The number of hydrogen-bond donors (Lipinski definition) is 2. The predicted octanol–water partition coefficient (Wildman–Crippen LogP) is 4.78. The van der Waals surface area contributed by atoms with Crippen molar-refractivity contribution < 1.29 is 31.5 Å². The topological polar surface area (TPSA) is 76.1 Å². The van der Waals surface area contributed by atoms with Gasteiger partial charge in [-0.25, -0.2) is 31.9 Å². The van der Waals surface area contributed by atoms with Crippen LogP contribution < -0.4 is 10.6 Å². The average Bonchev–Trinajstić information content (AvgIpc) is 3.35. The zero-order valence-corrected chi connectivity index (χ0v) is 18.5. The maximum absolute atomic E-state index is 14.5. The van der Waals surface area contributed by atoms with Crippen molar-refractivity contribution in [2.75, 3.05) is 11.9 Å². The third-order valence-corrected chi connectivity index (χ3v) is 6.10. The van der Waals surface area contributed by atoms with Crippen LogP contribution >= 0.6 is 0 Å². The van der Waals surface area contributed by atoms with Crippen molar-refractivity contribution >= 4 is 11.7 Å². The van der Waals surface area contributed by atoms with Crippen molar-refractivity contribution in [1.29, 1.82) is 0 Å². The molecular weight excluding hydrogens is 459 g/mol. The molecule has 2 N–H and O–H groups in total. The van der Waals surface area contributed by atoms with E-state index < -0.39 is 41.8 Å². The summed E-state index contributed by atoms with van der Waals surface area (Å²) in [5.41, 5.74) is -1.32. The lowest BCUT2D eigenvalue weighted by Gasteiger charge is -2.21. The summed E-state index contributed by atoms with van der Waals surface area (Å²) in [5, 5.41) is 5.40. The van der Waals surface area contributed by atoms with Gasteiger partial charge in [0.1, 0.15) is 23.0 Å². The van der Waals surface area contributed by atoms with Gasteiger partial charge < -0.3 is 15.4 Å². The third kappa shape index (κ3) is 5.13. The Kier molecular flexibility index (Phi) is 7.01. The predicted molar refractivity (Wildman–Crippen MR) is 113 cm³/mol. The van der Waals surface area contributed by atoms with Crippen LogP contribution in [0.3, 0.4) is 0 Å². The highest BCUT2D eigenvalue weighted by molar-refractivity contribution is 5.80. The standard InChI is InChI=1S/C23H25F5N4O2/c1-12-30-15(10-17(33)32-23(7-8-23)22(27)28)18(16-6-3-9-34-16)21(31-12)29-11-13-4-2-5-14(19(13)24)20(25)26/h2,4-5,16,20,22H,3,6-11H2,1H3,(H,32,33)(H,29,30,31). The number of nitrogens with one attached hydrogen (secondary N) is 2. The molecule has 1 aliphatic heterocycles. The Hall–Kier alpha value is -2.82. The van der Waals surface area contributed by atoms with Crippen LogP contribution in [0, 0.1) is 12.7 Å². The van der Waals surface area contributed by atoms with Crippen molar-refractivity contribution in [2.45, 2.75) is 70.1 Å². The van der Waals surface area contributed by atoms with Gasteiger partial charge in [0.25, 0.3) is 12.9 Å². The number of amides is 1. The minimum absolute atomic E-state index is 0.0271. The quantitative estimate of drug-likeness (QED) is 0.501. The van der Waals surface area contributed by atoms with E-state index in [1.807, 2.05) is 0 Å². The molecule has 34 heavy (non-hydrogen) atoms. The summed E-state index contributed by atoms with van der Waals surface area (Å²) in [5.74, 6) is -0.990. The normalized spacial score (nSPS) is 19.0. The number of hydrogen-bond acceptors (Lipinski definition) is 5. The molecular formula is C23H25F5N4O2. The first-order chi connectivity index (χ1) is 16.2. The fraction of sp³-hybridized carbons (Fsp3) is 0.522. The van der Waals surface area contributed by atoms with Crippen molar-refractivity contribution in [3.63, 3.8) is 0 Å². The van der Waals surface area contributed by atoms with Crippen LogP contribution in [0.5, 0.6) is 0 Å². The van der Waals surface area contributed by atoms with Gasteiger partial charge >= 0.3 is 0 Å². The van der Waals surface area contributed by atoms with Crippen LogP contribution in [0.2, 0.25) is 0 Å². The lowest BCUT2D eigenvalue weighted by molar-refractivity contribution is -0.122. The number of carbonyl (C=O) groups excluding carboxylic acids is 1. The van der Waals surface area contributed by atoms with Crippen molar-refractivity contribution in [2.24, 2.45) is 0 Å². The number of aromatic nitrogens is 2. The van der Waals surface area contributed by atoms with Crippen LogP contribution in [0.4, 0.5) is 27.8 Å². The Morgan fingerprint density at radius 2 is 2.00 bits per heavy atom. The Balaban J connectivity index is 1.60. The lowest BCUT2D eigenvalue weighted by Crippen LogP contribution is -2.43. The summed E-state index contributed by atoms with van der Waals surface area (Å²) in [6, 6.07) is 3.76. The van der Waals surface area contributed by atoms with Crippen LogP contribution in [0.25, 0.3) is 0 Å². The second-order valence-electron chi connectivity index (χ2n) is 8.64. The first-order valence-electron chi connectivity index (χ1n) is 11.1. The minimum Gasteiger partial charge on any atom is -0.373 e. The number of ether oxygens (including phenoxy) is 1.